The number of anilines is 1. The van der Waals surface area contributed by atoms with Crippen LogP contribution in [-0.4, -0.2) is 30.9 Å². The zero-order valence-corrected chi connectivity index (χ0v) is 9.71. The minimum Gasteiger partial charge on any atom is -0.369 e. The van der Waals surface area contributed by atoms with E-state index in [1.165, 1.54) is 7.11 Å². The molecule has 2 heterocycles. The third-order valence-electron chi connectivity index (χ3n) is 3.70. The van der Waals surface area contributed by atoms with Crippen LogP contribution in [0.2, 0.25) is 0 Å². The van der Waals surface area contributed by atoms with E-state index in [1.54, 1.807) is 11.0 Å². The Bertz CT molecular complexity index is 511. The number of fused-ring (bicyclic) bond motifs is 3. The molecular weight excluding hydrogens is 218 g/mol. The molecule has 0 aliphatic carbocycles. The number of hydrogen-bond donors (Lipinski definition) is 0. The molecule has 17 heavy (non-hydrogen) atoms. The van der Waals surface area contributed by atoms with Crippen LogP contribution in [0.1, 0.15) is 17.3 Å². The zero-order chi connectivity index (χ0) is 12.2. The van der Waals surface area contributed by atoms with Crippen molar-refractivity contribution in [3.63, 3.8) is 0 Å². The number of para-hydroxylation sites is 1. The SMILES string of the molecule is CO[C@@H]1C(=O)N2c3ccccc3C(=O)[C@H](C)[C@H]12. The first-order valence-corrected chi connectivity index (χ1v) is 5.66. The van der Waals surface area contributed by atoms with Crippen molar-refractivity contribution in [3.05, 3.63) is 29.8 Å². The number of ether oxygens (including phenoxy) is 1. The maximum atomic E-state index is 12.2. The molecule has 2 aliphatic rings. The molecule has 3 atom stereocenters. The standard InChI is InChI=1S/C13H13NO3/c1-7-10-12(17-2)13(16)14(10)9-6-4-3-5-8(9)11(7)15/h3-7,10,12H,1-2H3/t7-,10-,12+/m1/s1. The highest BCUT2D eigenvalue weighted by Gasteiger charge is 2.56. The number of benzene rings is 1. The first-order valence-electron chi connectivity index (χ1n) is 5.66. The van der Waals surface area contributed by atoms with Gasteiger partial charge >= 0.3 is 0 Å². The summed E-state index contributed by atoms with van der Waals surface area (Å²) in [6, 6.07) is 7.11. The van der Waals surface area contributed by atoms with Crippen molar-refractivity contribution in [1.29, 1.82) is 0 Å². The second-order valence-electron chi connectivity index (χ2n) is 4.53. The summed E-state index contributed by atoms with van der Waals surface area (Å²) in [6.45, 7) is 1.86. The Morgan fingerprint density at radius 3 is 2.65 bits per heavy atom. The number of carbonyl (C=O) groups excluding carboxylic acids is 2. The fraction of sp³-hybridized carbons (Fsp3) is 0.385. The summed E-state index contributed by atoms with van der Waals surface area (Å²) in [6.07, 6.45) is -0.470. The average molecular weight is 231 g/mol. The Hall–Kier alpha value is -1.68. The minimum absolute atomic E-state index is 0.0516. The number of hydrogen-bond acceptors (Lipinski definition) is 3. The third kappa shape index (κ3) is 1.16. The van der Waals surface area contributed by atoms with E-state index >= 15 is 0 Å². The first-order chi connectivity index (χ1) is 8.16. The predicted molar refractivity (Wildman–Crippen MR) is 62.0 cm³/mol. The van der Waals surface area contributed by atoms with Gasteiger partial charge in [-0.1, -0.05) is 19.1 Å². The van der Waals surface area contributed by atoms with Gasteiger partial charge in [-0.05, 0) is 12.1 Å². The normalized spacial score (nSPS) is 30.7. The summed E-state index contributed by atoms with van der Waals surface area (Å²) >= 11 is 0. The van der Waals surface area contributed by atoms with Crippen molar-refractivity contribution in [1.82, 2.24) is 0 Å². The maximum Gasteiger partial charge on any atom is 0.258 e. The van der Waals surface area contributed by atoms with E-state index in [-0.39, 0.29) is 23.7 Å². The zero-order valence-electron chi connectivity index (χ0n) is 9.71. The Labute approximate surface area is 99.2 Å². The Balaban J connectivity index is 2.12. The molecule has 88 valence electrons. The lowest BCUT2D eigenvalue weighted by Gasteiger charge is -2.51. The van der Waals surface area contributed by atoms with E-state index in [4.69, 9.17) is 4.74 Å². The molecule has 3 rings (SSSR count). The molecule has 4 heteroatoms. The van der Waals surface area contributed by atoms with Crippen LogP contribution in [0.15, 0.2) is 24.3 Å². The molecule has 4 nitrogen and oxygen atoms in total. The Kier molecular flexibility index (Phi) is 2.10. The molecule has 0 radical (unpaired) electrons. The van der Waals surface area contributed by atoms with Gasteiger partial charge in [0, 0.05) is 18.6 Å². The predicted octanol–water partition coefficient (Wildman–Crippen LogP) is 1.25. The van der Waals surface area contributed by atoms with Gasteiger partial charge in [-0.3, -0.25) is 9.59 Å². The maximum absolute atomic E-state index is 12.2. The lowest BCUT2D eigenvalue weighted by Crippen LogP contribution is -2.71. The molecule has 1 saturated heterocycles. The van der Waals surface area contributed by atoms with Crippen LogP contribution in [0.5, 0.6) is 0 Å². The molecule has 0 saturated carbocycles. The van der Waals surface area contributed by atoms with Crippen molar-refractivity contribution >= 4 is 17.4 Å². The van der Waals surface area contributed by atoms with Gasteiger partial charge in [0.05, 0.1) is 11.7 Å². The number of Topliss-reactive ketones (excluding diaryl/α,β-unsaturated/α-hetero) is 1. The summed E-state index contributed by atoms with van der Waals surface area (Å²) in [5.41, 5.74) is 1.36. The number of rotatable bonds is 1. The third-order valence-corrected chi connectivity index (χ3v) is 3.70. The van der Waals surface area contributed by atoms with E-state index in [0.717, 1.165) is 5.69 Å². The smallest absolute Gasteiger partial charge is 0.258 e. The number of carbonyl (C=O) groups is 2. The molecule has 1 amide bonds. The minimum atomic E-state index is -0.470. The lowest BCUT2D eigenvalue weighted by molar-refractivity contribution is -0.140. The summed E-state index contributed by atoms with van der Waals surface area (Å²) in [7, 11) is 1.51. The quantitative estimate of drug-likeness (QED) is 0.683. The molecule has 0 N–H and O–H groups in total. The number of amides is 1. The lowest BCUT2D eigenvalue weighted by atomic mass is 9.77. The van der Waals surface area contributed by atoms with Crippen LogP contribution >= 0.6 is 0 Å². The van der Waals surface area contributed by atoms with Crippen molar-refractivity contribution in [2.24, 2.45) is 5.92 Å². The van der Waals surface area contributed by atoms with Crippen LogP contribution in [0.4, 0.5) is 5.69 Å². The molecule has 0 aromatic heterocycles. The van der Waals surface area contributed by atoms with E-state index < -0.39 is 6.10 Å². The van der Waals surface area contributed by atoms with Crippen LogP contribution in [0, 0.1) is 5.92 Å². The van der Waals surface area contributed by atoms with Gasteiger partial charge in [-0.25, -0.2) is 0 Å². The molecule has 1 aromatic rings. The molecule has 0 spiro atoms. The molecule has 2 aliphatic heterocycles. The molecular formula is C13H13NO3. The van der Waals surface area contributed by atoms with Gasteiger partial charge in [0.15, 0.2) is 11.9 Å². The van der Waals surface area contributed by atoms with Crippen LogP contribution in [0.25, 0.3) is 0 Å². The van der Waals surface area contributed by atoms with Crippen LogP contribution in [-0.2, 0) is 9.53 Å². The Morgan fingerprint density at radius 2 is 1.94 bits per heavy atom. The van der Waals surface area contributed by atoms with Crippen LogP contribution < -0.4 is 4.90 Å². The van der Waals surface area contributed by atoms with Gasteiger partial charge in [0.1, 0.15) is 0 Å². The molecule has 1 aromatic carbocycles. The van der Waals surface area contributed by atoms with E-state index in [1.807, 2.05) is 25.1 Å². The van der Waals surface area contributed by atoms with Crippen molar-refractivity contribution in [3.8, 4) is 0 Å². The molecule has 1 fully saturated rings. The summed E-state index contributed by atoms with van der Waals surface area (Å²) in [5, 5.41) is 0. The second-order valence-corrected chi connectivity index (χ2v) is 4.53. The van der Waals surface area contributed by atoms with E-state index in [9.17, 15) is 9.59 Å². The number of nitrogens with zero attached hydrogens (tertiary/aromatic N) is 1. The van der Waals surface area contributed by atoms with Crippen molar-refractivity contribution in [2.75, 3.05) is 12.0 Å². The van der Waals surface area contributed by atoms with Crippen molar-refractivity contribution in [2.45, 2.75) is 19.1 Å². The van der Waals surface area contributed by atoms with Gasteiger partial charge < -0.3 is 9.64 Å². The largest absolute Gasteiger partial charge is 0.369 e. The van der Waals surface area contributed by atoms with Gasteiger partial charge in [-0.2, -0.15) is 0 Å². The topological polar surface area (TPSA) is 46.6 Å². The highest BCUT2D eigenvalue weighted by atomic mass is 16.5. The molecule has 0 bridgehead atoms. The second kappa shape index (κ2) is 3.40. The summed E-state index contributed by atoms with van der Waals surface area (Å²) in [5.74, 6) is -0.159. The first kappa shape index (κ1) is 10.5. The fourth-order valence-electron chi connectivity index (χ4n) is 2.78. The highest BCUT2D eigenvalue weighted by Crippen LogP contribution is 2.41. The van der Waals surface area contributed by atoms with Gasteiger partial charge in [0.2, 0.25) is 0 Å². The monoisotopic (exact) mass is 231 g/mol. The summed E-state index contributed by atoms with van der Waals surface area (Å²) < 4.78 is 5.16. The fourth-order valence-corrected chi connectivity index (χ4v) is 2.78. The average Bonchev–Trinajstić information content (AvgIpc) is 2.34. The van der Waals surface area contributed by atoms with Gasteiger partial charge in [0.25, 0.3) is 5.91 Å². The Morgan fingerprint density at radius 1 is 1.24 bits per heavy atom. The van der Waals surface area contributed by atoms with Gasteiger partial charge in [-0.15, -0.1) is 0 Å². The summed E-state index contributed by atoms with van der Waals surface area (Å²) in [4.78, 5) is 25.8. The van der Waals surface area contributed by atoms with E-state index in [0.29, 0.717) is 5.56 Å². The molecule has 0 unspecified atom stereocenters. The number of ketones is 1. The highest BCUT2D eigenvalue weighted by molar-refractivity contribution is 6.16. The van der Waals surface area contributed by atoms with E-state index in [2.05, 4.69) is 0 Å². The van der Waals surface area contributed by atoms with Crippen LogP contribution in [0.3, 0.4) is 0 Å². The number of β-lactam (4-membered cyclic amide) rings is 1. The van der Waals surface area contributed by atoms with Crippen molar-refractivity contribution < 1.29 is 14.3 Å². The number of methoxy groups -OCH3 is 1.